The minimum atomic E-state index is -0.396. The maximum absolute atomic E-state index is 14.1. The average molecular weight is 390 g/mol. The molecule has 0 atom stereocenters. The first-order valence-electron chi connectivity index (χ1n) is 6.89. The SMILES string of the molecule is [C-]#[N+]c1cn2c(NCc3c(F)ccc4c3OCO4)ncc(Br)c2n1. The Morgan fingerprint density at radius 2 is 2.29 bits per heavy atom. The van der Waals surface area contributed by atoms with Gasteiger partial charge in [0.15, 0.2) is 11.5 Å². The zero-order valence-corrected chi connectivity index (χ0v) is 13.7. The van der Waals surface area contributed by atoms with Crippen LogP contribution < -0.4 is 14.8 Å². The van der Waals surface area contributed by atoms with E-state index in [0.29, 0.717) is 33.1 Å². The highest BCUT2D eigenvalue weighted by Gasteiger charge is 2.21. The molecule has 0 radical (unpaired) electrons. The van der Waals surface area contributed by atoms with Gasteiger partial charge in [-0.3, -0.25) is 4.40 Å². The van der Waals surface area contributed by atoms with Crippen LogP contribution in [-0.2, 0) is 6.54 Å². The lowest BCUT2D eigenvalue weighted by molar-refractivity contribution is 0.173. The molecule has 0 unspecified atom stereocenters. The van der Waals surface area contributed by atoms with Crippen molar-refractivity contribution in [3.8, 4) is 11.5 Å². The number of ether oxygens (including phenoxy) is 2. The van der Waals surface area contributed by atoms with Crippen LogP contribution >= 0.6 is 15.9 Å². The van der Waals surface area contributed by atoms with E-state index in [1.54, 1.807) is 16.8 Å². The van der Waals surface area contributed by atoms with E-state index >= 15 is 0 Å². The summed E-state index contributed by atoms with van der Waals surface area (Å²) in [6.07, 6.45) is 3.14. The lowest BCUT2D eigenvalue weighted by Crippen LogP contribution is -2.08. The van der Waals surface area contributed by atoms with Crippen molar-refractivity contribution in [3.63, 3.8) is 0 Å². The summed E-state index contributed by atoms with van der Waals surface area (Å²) in [5.41, 5.74) is 0.908. The number of nitrogens with zero attached hydrogens (tertiary/aromatic N) is 4. The van der Waals surface area contributed by atoms with Crippen molar-refractivity contribution in [2.45, 2.75) is 6.54 Å². The average Bonchev–Trinajstić information content (AvgIpc) is 3.22. The molecule has 1 aromatic carbocycles. The molecule has 9 heteroatoms. The lowest BCUT2D eigenvalue weighted by Gasteiger charge is -2.10. The Morgan fingerprint density at radius 3 is 3.12 bits per heavy atom. The van der Waals surface area contributed by atoms with Gasteiger partial charge < -0.3 is 19.6 Å². The smallest absolute Gasteiger partial charge is 0.288 e. The topological polar surface area (TPSA) is 65.0 Å². The fourth-order valence-electron chi connectivity index (χ4n) is 2.46. The molecule has 0 saturated carbocycles. The van der Waals surface area contributed by atoms with Gasteiger partial charge in [-0.05, 0) is 28.1 Å². The second kappa shape index (κ2) is 5.65. The summed E-state index contributed by atoms with van der Waals surface area (Å²) < 4.78 is 27.0. The van der Waals surface area contributed by atoms with Crippen molar-refractivity contribution in [1.82, 2.24) is 14.4 Å². The first-order valence-corrected chi connectivity index (χ1v) is 7.68. The standard InChI is InChI=1S/C15H9BrFN5O2/c1-18-12-6-22-14(21-12)9(16)5-20-15(22)19-4-8-10(17)2-3-11-13(8)24-7-23-11/h2-3,5-6H,4,7H2,(H,19,20). The van der Waals surface area contributed by atoms with Gasteiger partial charge in [0.2, 0.25) is 18.4 Å². The number of hydrogen-bond acceptors (Lipinski definition) is 5. The third-order valence-corrected chi connectivity index (χ3v) is 4.12. The van der Waals surface area contributed by atoms with Crippen molar-refractivity contribution >= 4 is 33.3 Å². The Morgan fingerprint density at radius 1 is 1.42 bits per heavy atom. The number of halogens is 2. The molecule has 24 heavy (non-hydrogen) atoms. The third kappa shape index (κ3) is 2.32. The molecule has 7 nitrogen and oxygen atoms in total. The predicted octanol–water partition coefficient (Wildman–Crippen LogP) is 3.52. The first-order chi connectivity index (χ1) is 11.7. The number of fused-ring (bicyclic) bond motifs is 2. The number of nitrogens with one attached hydrogen (secondary N) is 1. The molecule has 1 aliphatic rings. The Bertz CT molecular complexity index is 998. The molecule has 3 aromatic rings. The van der Waals surface area contributed by atoms with Crippen molar-refractivity contribution < 1.29 is 13.9 Å². The Kier molecular flexibility index (Phi) is 3.46. The fourth-order valence-corrected chi connectivity index (χ4v) is 2.84. The normalized spacial score (nSPS) is 12.4. The van der Waals surface area contributed by atoms with Gasteiger partial charge in [0.05, 0.1) is 11.8 Å². The summed E-state index contributed by atoms with van der Waals surface area (Å²) in [5.74, 6) is 1.19. The van der Waals surface area contributed by atoms with Gasteiger partial charge in [-0.25, -0.2) is 9.37 Å². The Hall–Kier alpha value is -2.86. The quantitative estimate of drug-likeness (QED) is 0.694. The second-order valence-electron chi connectivity index (χ2n) is 4.95. The molecule has 4 rings (SSSR count). The summed E-state index contributed by atoms with van der Waals surface area (Å²) in [4.78, 5) is 11.8. The number of anilines is 1. The van der Waals surface area contributed by atoms with Crippen LogP contribution in [0, 0.1) is 12.4 Å². The van der Waals surface area contributed by atoms with E-state index in [-0.39, 0.29) is 19.2 Å². The molecule has 0 aliphatic carbocycles. The van der Waals surface area contributed by atoms with Gasteiger partial charge in [-0.1, -0.05) is 11.6 Å². The second-order valence-corrected chi connectivity index (χ2v) is 5.80. The van der Waals surface area contributed by atoms with Gasteiger partial charge in [-0.2, -0.15) is 0 Å². The molecule has 0 spiro atoms. The van der Waals surface area contributed by atoms with Crippen LogP contribution in [-0.4, -0.2) is 21.2 Å². The van der Waals surface area contributed by atoms with Gasteiger partial charge in [0, 0.05) is 12.7 Å². The largest absolute Gasteiger partial charge is 0.454 e. The number of aromatic nitrogens is 3. The van der Waals surface area contributed by atoms with E-state index < -0.39 is 5.82 Å². The molecule has 0 amide bonds. The van der Waals surface area contributed by atoms with Gasteiger partial charge in [0.25, 0.3) is 5.82 Å². The molecule has 1 N–H and O–H groups in total. The summed E-state index contributed by atoms with van der Waals surface area (Å²) in [7, 11) is 0. The predicted molar refractivity (Wildman–Crippen MR) is 86.8 cm³/mol. The van der Waals surface area contributed by atoms with Crippen LogP contribution in [0.2, 0.25) is 0 Å². The van der Waals surface area contributed by atoms with Crippen LogP contribution in [0.4, 0.5) is 16.2 Å². The van der Waals surface area contributed by atoms with E-state index in [1.807, 2.05) is 0 Å². The van der Waals surface area contributed by atoms with E-state index in [1.165, 1.54) is 12.1 Å². The van der Waals surface area contributed by atoms with Crippen LogP contribution in [0.25, 0.3) is 10.5 Å². The molecular weight excluding hydrogens is 381 g/mol. The molecule has 0 saturated heterocycles. The van der Waals surface area contributed by atoms with Crippen molar-refractivity contribution in [2.75, 3.05) is 12.1 Å². The lowest BCUT2D eigenvalue weighted by atomic mass is 10.1. The summed E-state index contributed by atoms with van der Waals surface area (Å²) >= 11 is 3.35. The molecule has 1 aliphatic heterocycles. The zero-order valence-electron chi connectivity index (χ0n) is 12.1. The highest BCUT2D eigenvalue weighted by molar-refractivity contribution is 9.10. The van der Waals surface area contributed by atoms with Gasteiger partial charge >= 0.3 is 0 Å². The monoisotopic (exact) mass is 389 g/mol. The molecule has 120 valence electrons. The fraction of sp³-hybridized carbons (Fsp3) is 0.133. The van der Waals surface area contributed by atoms with Crippen LogP contribution in [0.15, 0.2) is 29.0 Å². The zero-order chi connectivity index (χ0) is 16.7. The number of benzene rings is 1. The van der Waals surface area contributed by atoms with Crippen LogP contribution in [0.3, 0.4) is 0 Å². The van der Waals surface area contributed by atoms with Crippen molar-refractivity contribution in [3.05, 3.63) is 51.8 Å². The maximum Gasteiger partial charge on any atom is 0.288 e. The Balaban J connectivity index is 1.69. The summed E-state index contributed by atoms with van der Waals surface area (Å²) in [6.45, 7) is 7.30. The molecule has 3 heterocycles. The van der Waals surface area contributed by atoms with Gasteiger partial charge in [-0.15, -0.1) is 0 Å². The van der Waals surface area contributed by atoms with E-state index in [4.69, 9.17) is 16.0 Å². The highest BCUT2D eigenvalue weighted by Crippen LogP contribution is 2.37. The van der Waals surface area contributed by atoms with Crippen molar-refractivity contribution in [1.29, 1.82) is 0 Å². The minimum absolute atomic E-state index is 0.0719. The third-order valence-electron chi connectivity index (χ3n) is 3.56. The molecule has 2 aromatic heterocycles. The number of imidazole rings is 1. The Labute approximate surface area is 144 Å². The van der Waals surface area contributed by atoms with Gasteiger partial charge in [0.1, 0.15) is 10.3 Å². The number of hydrogen-bond donors (Lipinski definition) is 1. The summed E-state index contributed by atoms with van der Waals surface area (Å²) in [5, 5.41) is 3.05. The number of rotatable bonds is 3. The maximum atomic E-state index is 14.1. The minimum Gasteiger partial charge on any atom is -0.454 e. The van der Waals surface area contributed by atoms with Crippen LogP contribution in [0.1, 0.15) is 5.56 Å². The van der Waals surface area contributed by atoms with E-state index in [0.717, 1.165) is 0 Å². The van der Waals surface area contributed by atoms with Crippen molar-refractivity contribution in [2.24, 2.45) is 0 Å². The highest BCUT2D eigenvalue weighted by atomic mass is 79.9. The first kappa shape index (κ1) is 14.7. The molecular formula is C15H9BrFN5O2. The van der Waals surface area contributed by atoms with Crippen LogP contribution in [0.5, 0.6) is 11.5 Å². The molecule has 0 fully saturated rings. The summed E-state index contributed by atoms with van der Waals surface area (Å²) in [6, 6.07) is 2.87. The van der Waals surface area contributed by atoms with E-state index in [2.05, 4.69) is 36.1 Å². The molecule has 0 bridgehead atoms. The van der Waals surface area contributed by atoms with E-state index in [9.17, 15) is 4.39 Å².